The van der Waals surface area contributed by atoms with Crippen molar-refractivity contribution in [3.63, 3.8) is 0 Å². The lowest BCUT2D eigenvalue weighted by atomic mass is 10.1. The van der Waals surface area contributed by atoms with Gasteiger partial charge in [0.15, 0.2) is 0 Å². The van der Waals surface area contributed by atoms with Crippen LogP contribution < -0.4 is 5.32 Å². The summed E-state index contributed by atoms with van der Waals surface area (Å²) in [6.07, 6.45) is -5.05. The molecule has 0 radical (unpaired) electrons. The number of hydrogen-bond donors (Lipinski definition) is 1. The highest BCUT2D eigenvalue weighted by Gasteiger charge is 2.26. The summed E-state index contributed by atoms with van der Waals surface area (Å²) in [5.41, 5.74) is 1.96. The number of benzene rings is 1. The summed E-state index contributed by atoms with van der Waals surface area (Å²) >= 11 is 0. The van der Waals surface area contributed by atoms with Gasteiger partial charge in [0.05, 0.1) is 19.6 Å². The van der Waals surface area contributed by atoms with Crippen molar-refractivity contribution in [1.82, 2.24) is 5.32 Å². The lowest BCUT2D eigenvalue weighted by Gasteiger charge is -2.10. The molecule has 2 nitrogen and oxygen atoms in total. The summed E-state index contributed by atoms with van der Waals surface area (Å²) in [5.74, 6) is 0. The molecule has 0 aromatic heterocycles. The summed E-state index contributed by atoms with van der Waals surface area (Å²) in [5, 5.41) is 3.00. The summed E-state index contributed by atoms with van der Waals surface area (Å²) < 4.78 is 40.7. The normalized spacial score (nSPS) is 11.8. The van der Waals surface area contributed by atoms with Crippen LogP contribution in [-0.2, 0) is 17.9 Å². The van der Waals surface area contributed by atoms with Gasteiger partial charge >= 0.3 is 6.18 Å². The van der Waals surface area contributed by atoms with Gasteiger partial charge in [-0.3, -0.25) is 0 Å². The molecule has 0 heterocycles. The van der Waals surface area contributed by atoms with Crippen LogP contribution in [0.15, 0.2) is 24.3 Å². The molecule has 0 aliphatic carbocycles. The summed E-state index contributed by atoms with van der Waals surface area (Å²) in [4.78, 5) is 0. The summed E-state index contributed by atoms with van der Waals surface area (Å²) in [6.45, 7) is 0.601. The van der Waals surface area contributed by atoms with E-state index in [9.17, 15) is 13.2 Å². The van der Waals surface area contributed by atoms with Gasteiger partial charge in [-0.1, -0.05) is 24.3 Å². The Labute approximate surface area is 98.8 Å². The van der Waals surface area contributed by atoms with Crippen LogP contribution in [0.2, 0.25) is 0 Å². The van der Waals surface area contributed by atoms with Crippen molar-refractivity contribution in [2.75, 3.05) is 13.7 Å². The summed E-state index contributed by atoms with van der Waals surface area (Å²) in [7, 11) is 1.82. The highest BCUT2D eigenvalue weighted by atomic mass is 19.4. The second-order valence-electron chi connectivity index (χ2n) is 3.72. The second kappa shape index (κ2) is 6.61. The Bertz CT molecular complexity index is 339. The second-order valence-corrected chi connectivity index (χ2v) is 3.72. The molecule has 5 heteroatoms. The Morgan fingerprint density at radius 3 is 2.41 bits per heavy atom. The first-order valence-electron chi connectivity index (χ1n) is 5.39. The van der Waals surface area contributed by atoms with Crippen LogP contribution in [0, 0.1) is 0 Å². The van der Waals surface area contributed by atoms with E-state index in [-0.39, 0.29) is 13.2 Å². The third-order valence-electron chi connectivity index (χ3n) is 2.27. The molecule has 0 unspecified atom stereocenters. The van der Waals surface area contributed by atoms with E-state index in [4.69, 9.17) is 4.74 Å². The van der Waals surface area contributed by atoms with Gasteiger partial charge in [0.1, 0.15) is 0 Å². The van der Waals surface area contributed by atoms with Crippen LogP contribution in [-0.4, -0.2) is 19.8 Å². The fourth-order valence-corrected chi connectivity index (χ4v) is 1.43. The predicted molar refractivity (Wildman–Crippen MR) is 59.5 cm³/mol. The highest BCUT2D eigenvalue weighted by Crippen LogP contribution is 2.19. The SMILES string of the molecule is CNCc1ccccc1COCCC(F)(F)F. The topological polar surface area (TPSA) is 21.3 Å². The van der Waals surface area contributed by atoms with Crippen molar-refractivity contribution in [2.45, 2.75) is 25.7 Å². The van der Waals surface area contributed by atoms with E-state index < -0.39 is 12.6 Å². The van der Waals surface area contributed by atoms with E-state index in [2.05, 4.69) is 5.32 Å². The maximum absolute atomic E-state index is 11.9. The van der Waals surface area contributed by atoms with Gasteiger partial charge in [0.25, 0.3) is 0 Å². The van der Waals surface area contributed by atoms with Crippen molar-refractivity contribution in [1.29, 1.82) is 0 Å². The largest absolute Gasteiger partial charge is 0.391 e. The Morgan fingerprint density at radius 2 is 1.82 bits per heavy atom. The van der Waals surface area contributed by atoms with Crippen molar-refractivity contribution >= 4 is 0 Å². The third-order valence-corrected chi connectivity index (χ3v) is 2.27. The first-order chi connectivity index (χ1) is 8.03. The number of ether oxygens (including phenoxy) is 1. The lowest BCUT2D eigenvalue weighted by molar-refractivity contribution is -0.146. The summed E-state index contributed by atoms with van der Waals surface area (Å²) in [6, 6.07) is 7.53. The lowest BCUT2D eigenvalue weighted by Crippen LogP contribution is -2.12. The molecule has 0 saturated carbocycles. The van der Waals surface area contributed by atoms with Gasteiger partial charge in [0.2, 0.25) is 0 Å². The molecule has 1 N–H and O–H groups in total. The average molecular weight is 247 g/mol. The minimum Gasteiger partial charge on any atom is -0.376 e. The first kappa shape index (κ1) is 14.0. The van der Waals surface area contributed by atoms with Crippen LogP contribution in [0.1, 0.15) is 17.5 Å². The molecule has 0 saturated heterocycles. The molecule has 0 spiro atoms. The van der Waals surface area contributed by atoms with Gasteiger partial charge in [-0.25, -0.2) is 0 Å². The third kappa shape index (κ3) is 5.70. The fraction of sp³-hybridized carbons (Fsp3) is 0.500. The van der Waals surface area contributed by atoms with Crippen molar-refractivity contribution < 1.29 is 17.9 Å². The standard InChI is InChI=1S/C12H16F3NO/c1-16-8-10-4-2-3-5-11(10)9-17-7-6-12(13,14)15/h2-5,16H,6-9H2,1H3. The van der Waals surface area contributed by atoms with E-state index in [1.165, 1.54) is 0 Å². The number of hydrogen-bond acceptors (Lipinski definition) is 2. The van der Waals surface area contributed by atoms with Gasteiger partial charge in [-0.15, -0.1) is 0 Å². The molecule has 96 valence electrons. The van der Waals surface area contributed by atoms with E-state index in [1.54, 1.807) is 0 Å². The van der Waals surface area contributed by atoms with Gasteiger partial charge in [-0.2, -0.15) is 13.2 Å². The maximum atomic E-state index is 11.9. The van der Waals surface area contributed by atoms with Crippen molar-refractivity contribution in [3.8, 4) is 0 Å². The van der Waals surface area contributed by atoms with Crippen LogP contribution in [0.3, 0.4) is 0 Å². The zero-order chi connectivity index (χ0) is 12.7. The molecular weight excluding hydrogens is 231 g/mol. The number of rotatable bonds is 6. The van der Waals surface area contributed by atoms with E-state index in [1.807, 2.05) is 31.3 Å². The number of alkyl halides is 3. The van der Waals surface area contributed by atoms with Gasteiger partial charge in [-0.05, 0) is 18.2 Å². The minimum atomic E-state index is -4.15. The molecular formula is C12H16F3NO. The molecule has 0 atom stereocenters. The maximum Gasteiger partial charge on any atom is 0.391 e. The average Bonchev–Trinajstić information content (AvgIpc) is 2.25. The first-order valence-corrected chi connectivity index (χ1v) is 5.39. The predicted octanol–water partition coefficient (Wildman–Crippen LogP) is 2.88. The Kier molecular flexibility index (Phi) is 5.44. The molecule has 17 heavy (non-hydrogen) atoms. The van der Waals surface area contributed by atoms with Crippen molar-refractivity contribution in [2.24, 2.45) is 0 Å². The molecule has 0 amide bonds. The quantitative estimate of drug-likeness (QED) is 0.780. The van der Waals surface area contributed by atoms with Crippen molar-refractivity contribution in [3.05, 3.63) is 35.4 Å². The van der Waals surface area contributed by atoms with Crippen LogP contribution in [0.5, 0.6) is 0 Å². The molecule has 1 aromatic carbocycles. The smallest absolute Gasteiger partial charge is 0.376 e. The molecule has 1 aromatic rings. The Balaban J connectivity index is 2.41. The molecule has 0 aliphatic rings. The van der Waals surface area contributed by atoms with Crippen LogP contribution in [0.4, 0.5) is 13.2 Å². The van der Waals surface area contributed by atoms with Crippen LogP contribution in [0.25, 0.3) is 0 Å². The zero-order valence-electron chi connectivity index (χ0n) is 9.68. The van der Waals surface area contributed by atoms with Gasteiger partial charge in [0, 0.05) is 6.54 Å². The van der Waals surface area contributed by atoms with E-state index >= 15 is 0 Å². The molecule has 0 aliphatic heterocycles. The van der Waals surface area contributed by atoms with Gasteiger partial charge < -0.3 is 10.1 Å². The highest BCUT2D eigenvalue weighted by molar-refractivity contribution is 5.26. The Morgan fingerprint density at radius 1 is 1.18 bits per heavy atom. The molecule has 0 fully saturated rings. The zero-order valence-corrected chi connectivity index (χ0v) is 9.68. The fourth-order valence-electron chi connectivity index (χ4n) is 1.43. The van der Waals surface area contributed by atoms with E-state index in [0.29, 0.717) is 6.54 Å². The Hall–Kier alpha value is -1.07. The van der Waals surface area contributed by atoms with E-state index in [0.717, 1.165) is 11.1 Å². The number of nitrogens with one attached hydrogen (secondary N) is 1. The monoisotopic (exact) mass is 247 g/mol. The molecule has 1 rings (SSSR count). The molecule has 0 bridgehead atoms. The van der Waals surface area contributed by atoms with Crippen LogP contribution >= 0.6 is 0 Å². The minimum absolute atomic E-state index is 0.216. The number of halogens is 3.